The van der Waals surface area contributed by atoms with Crippen LogP contribution in [0.15, 0.2) is 48.5 Å². The third-order valence-corrected chi connectivity index (χ3v) is 4.84. The van der Waals surface area contributed by atoms with Crippen LogP contribution in [0.3, 0.4) is 0 Å². The molecule has 2 aliphatic rings. The van der Waals surface area contributed by atoms with Gasteiger partial charge in [-0.15, -0.1) is 0 Å². The van der Waals surface area contributed by atoms with Crippen molar-refractivity contribution >= 4 is 11.6 Å². The van der Waals surface area contributed by atoms with E-state index in [1.54, 1.807) is 0 Å². The second kappa shape index (κ2) is 4.62. The quantitative estimate of drug-likeness (QED) is 0.788. The lowest BCUT2D eigenvalue weighted by Crippen LogP contribution is -2.37. The summed E-state index contributed by atoms with van der Waals surface area (Å²) in [6.45, 7) is 0. The summed E-state index contributed by atoms with van der Waals surface area (Å²) < 4.78 is 0. The molecule has 0 unspecified atom stereocenters. The maximum atomic E-state index is 11.8. The Morgan fingerprint density at radius 2 is 1.71 bits per heavy atom. The molecule has 1 aliphatic heterocycles. The number of nitrogen functional groups attached to an aromatic ring is 1. The minimum Gasteiger partial charge on any atom is -0.399 e. The lowest BCUT2D eigenvalue weighted by Gasteiger charge is -2.30. The summed E-state index contributed by atoms with van der Waals surface area (Å²) in [5, 5.41) is 3.18. The van der Waals surface area contributed by atoms with Crippen molar-refractivity contribution in [3.05, 3.63) is 65.2 Å². The highest BCUT2D eigenvalue weighted by Gasteiger charge is 2.43. The number of fused-ring (bicyclic) bond motifs is 3. The van der Waals surface area contributed by atoms with Crippen LogP contribution < -0.4 is 11.1 Å². The van der Waals surface area contributed by atoms with Gasteiger partial charge in [0.05, 0.1) is 6.04 Å². The van der Waals surface area contributed by atoms with E-state index in [1.165, 1.54) is 16.7 Å². The van der Waals surface area contributed by atoms with Gasteiger partial charge in [0.2, 0.25) is 5.91 Å². The molecule has 0 spiro atoms. The van der Waals surface area contributed by atoms with Gasteiger partial charge in [-0.3, -0.25) is 4.79 Å². The normalized spacial score (nSPS) is 26.9. The predicted octanol–water partition coefficient (Wildman–Crippen LogP) is 2.98. The molecule has 0 saturated carbocycles. The third kappa shape index (κ3) is 1.92. The van der Waals surface area contributed by atoms with Crippen LogP contribution in [-0.2, 0) is 4.79 Å². The van der Waals surface area contributed by atoms with Gasteiger partial charge >= 0.3 is 0 Å². The Bertz CT molecular complexity index is 693. The minimum atomic E-state index is 0.157. The first-order valence-electron chi connectivity index (χ1n) is 7.47. The van der Waals surface area contributed by atoms with E-state index in [-0.39, 0.29) is 11.9 Å². The fourth-order valence-electron chi connectivity index (χ4n) is 3.92. The van der Waals surface area contributed by atoms with Gasteiger partial charge in [-0.05, 0) is 41.2 Å². The zero-order valence-electron chi connectivity index (χ0n) is 11.8. The summed E-state index contributed by atoms with van der Waals surface area (Å²) in [5.74, 6) is 0.972. The topological polar surface area (TPSA) is 55.1 Å². The molecule has 1 saturated heterocycles. The number of rotatable bonds is 1. The molecule has 4 rings (SSSR count). The van der Waals surface area contributed by atoms with Gasteiger partial charge in [0, 0.05) is 18.0 Å². The number of carbonyl (C=O) groups is 1. The van der Waals surface area contributed by atoms with Gasteiger partial charge in [-0.2, -0.15) is 0 Å². The molecule has 21 heavy (non-hydrogen) atoms. The Morgan fingerprint density at radius 3 is 2.48 bits per heavy atom. The summed E-state index contributed by atoms with van der Waals surface area (Å²) in [6.07, 6.45) is 1.57. The molecule has 0 bridgehead atoms. The van der Waals surface area contributed by atoms with E-state index < -0.39 is 0 Å². The molecule has 1 aliphatic carbocycles. The molecular weight excluding hydrogens is 260 g/mol. The van der Waals surface area contributed by atoms with Crippen LogP contribution in [0.1, 0.15) is 41.5 Å². The van der Waals surface area contributed by atoms with Crippen LogP contribution in [0, 0.1) is 5.92 Å². The maximum absolute atomic E-state index is 11.8. The number of hydrogen-bond acceptors (Lipinski definition) is 2. The lowest BCUT2D eigenvalue weighted by molar-refractivity contribution is -0.124. The number of hydrogen-bond donors (Lipinski definition) is 2. The van der Waals surface area contributed by atoms with Crippen LogP contribution in [0.5, 0.6) is 0 Å². The van der Waals surface area contributed by atoms with Crippen LogP contribution >= 0.6 is 0 Å². The number of nitrogens with one attached hydrogen (secondary N) is 1. The molecule has 3 heteroatoms. The molecule has 2 aromatic rings. The predicted molar refractivity (Wildman–Crippen MR) is 82.7 cm³/mol. The molecule has 1 fully saturated rings. The van der Waals surface area contributed by atoms with Crippen molar-refractivity contribution in [1.82, 2.24) is 5.32 Å². The Labute approximate surface area is 124 Å². The van der Waals surface area contributed by atoms with Crippen molar-refractivity contribution in [3.63, 3.8) is 0 Å². The van der Waals surface area contributed by atoms with Crippen molar-refractivity contribution in [1.29, 1.82) is 0 Å². The number of nitrogens with two attached hydrogens (primary N) is 1. The van der Waals surface area contributed by atoms with E-state index in [0.717, 1.165) is 12.1 Å². The molecule has 1 heterocycles. The smallest absolute Gasteiger partial charge is 0.220 e. The third-order valence-electron chi connectivity index (χ3n) is 4.84. The van der Waals surface area contributed by atoms with E-state index in [4.69, 9.17) is 5.73 Å². The van der Waals surface area contributed by atoms with Gasteiger partial charge in [0.25, 0.3) is 0 Å². The maximum Gasteiger partial charge on any atom is 0.220 e. The molecule has 0 aromatic heterocycles. The van der Waals surface area contributed by atoms with Gasteiger partial charge in [0.1, 0.15) is 0 Å². The van der Waals surface area contributed by atoms with Gasteiger partial charge < -0.3 is 11.1 Å². The first kappa shape index (κ1) is 12.5. The molecule has 1 amide bonds. The van der Waals surface area contributed by atoms with E-state index in [2.05, 4.69) is 41.7 Å². The SMILES string of the molecule is Nc1ccc([C@H]2c3ccccc3[C@H]3NC(=O)CC[C@@H]23)cc1. The molecule has 3 N–H and O–H groups in total. The average Bonchev–Trinajstić information content (AvgIpc) is 2.82. The number of benzene rings is 2. The fourth-order valence-corrected chi connectivity index (χ4v) is 3.92. The van der Waals surface area contributed by atoms with Gasteiger partial charge in [0.15, 0.2) is 0 Å². The van der Waals surface area contributed by atoms with Gasteiger partial charge in [-0.25, -0.2) is 0 Å². The molecule has 2 aromatic carbocycles. The number of anilines is 1. The second-order valence-corrected chi connectivity index (χ2v) is 6.02. The molecule has 3 nitrogen and oxygen atoms in total. The molecule has 0 radical (unpaired) electrons. The highest BCUT2D eigenvalue weighted by molar-refractivity contribution is 5.78. The summed E-state index contributed by atoms with van der Waals surface area (Å²) >= 11 is 0. The molecular formula is C18H18N2O. The lowest BCUT2D eigenvalue weighted by atomic mass is 9.80. The summed E-state index contributed by atoms with van der Waals surface area (Å²) in [4.78, 5) is 11.8. The zero-order valence-corrected chi connectivity index (χ0v) is 11.8. The Morgan fingerprint density at radius 1 is 1.00 bits per heavy atom. The standard InChI is InChI=1S/C18H18N2O/c19-12-7-5-11(6-8-12)17-13-3-1-2-4-14(13)18-15(17)9-10-16(21)20-18/h1-8,15,17-18H,9-10,19H2,(H,20,21)/t15-,17-,18+/m0/s1. The largest absolute Gasteiger partial charge is 0.399 e. The summed E-state index contributed by atoms with van der Waals surface area (Å²) in [7, 11) is 0. The summed E-state index contributed by atoms with van der Waals surface area (Å²) in [5.41, 5.74) is 10.5. The number of carbonyl (C=O) groups excluding carboxylic acids is 1. The van der Waals surface area contributed by atoms with Crippen LogP contribution in [0.25, 0.3) is 0 Å². The van der Waals surface area contributed by atoms with Crippen molar-refractivity contribution in [3.8, 4) is 0 Å². The fraction of sp³-hybridized carbons (Fsp3) is 0.278. The Balaban J connectivity index is 1.83. The van der Waals surface area contributed by atoms with E-state index in [9.17, 15) is 4.79 Å². The minimum absolute atomic E-state index is 0.157. The first-order chi connectivity index (χ1) is 10.2. The number of amides is 1. The van der Waals surface area contributed by atoms with Crippen molar-refractivity contribution < 1.29 is 4.79 Å². The van der Waals surface area contributed by atoms with Crippen LogP contribution in [0.4, 0.5) is 5.69 Å². The van der Waals surface area contributed by atoms with Crippen molar-refractivity contribution in [2.45, 2.75) is 24.8 Å². The second-order valence-electron chi connectivity index (χ2n) is 6.02. The highest BCUT2D eigenvalue weighted by atomic mass is 16.1. The van der Waals surface area contributed by atoms with Crippen molar-refractivity contribution in [2.24, 2.45) is 5.92 Å². The van der Waals surface area contributed by atoms with E-state index in [1.807, 2.05) is 12.1 Å². The van der Waals surface area contributed by atoms with Crippen LogP contribution in [0.2, 0.25) is 0 Å². The Kier molecular flexibility index (Phi) is 2.74. The monoisotopic (exact) mass is 278 g/mol. The van der Waals surface area contributed by atoms with E-state index >= 15 is 0 Å². The van der Waals surface area contributed by atoms with Gasteiger partial charge in [-0.1, -0.05) is 36.4 Å². The van der Waals surface area contributed by atoms with Crippen LogP contribution in [-0.4, -0.2) is 5.91 Å². The molecule has 3 atom stereocenters. The Hall–Kier alpha value is -2.29. The molecule has 106 valence electrons. The average molecular weight is 278 g/mol. The highest BCUT2D eigenvalue weighted by Crippen LogP contribution is 2.51. The summed E-state index contributed by atoms with van der Waals surface area (Å²) in [6, 6.07) is 16.8. The number of piperidine rings is 1. The first-order valence-corrected chi connectivity index (χ1v) is 7.47. The van der Waals surface area contributed by atoms with E-state index in [0.29, 0.717) is 18.3 Å². The zero-order chi connectivity index (χ0) is 14.4. The van der Waals surface area contributed by atoms with Crippen molar-refractivity contribution in [2.75, 3.05) is 5.73 Å².